The molecular weight excluding hydrogens is 557 g/mol. The van der Waals surface area contributed by atoms with Gasteiger partial charge in [0.1, 0.15) is 17.8 Å². The summed E-state index contributed by atoms with van der Waals surface area (Å²) in [6, 6.07) is 0. The van der Waals surface area contributed by atoms with E-state index in [1.54, 1.807) is 13.8 Å². The number of hydrogen-bond donors (Lipinski definition) is 2. The fourth-order valence-electron chi connectivity index (χ4n) is 8.83. The van der Waals surface area contributed by atoms with Crippen molar-refractivity contribution in [3.8, 4) is 0 Å². The summed E-state index contributed by atoms with van der Waals surface area (Å²) < 4.78 is 56.5. The maximum atomic E-state index is 13.4. The Morgan fingerprint density at radius 3 is 1.95 bits per heavy atom. The molecule has 7 aliphatic rings. The van der Waals surface area contributed by atoms with Crippen LogP contribution in [-0.4, -0.2) is 63.3 Å². The third-order valence-corrected chi connectivity index (χ3v) is 11.5. The van der Waals surface area contributed by atoms with Crippen LogP contribution in [0.2, 0.25) is 0 Å². The predicted octanol–water partition coefficient (Wildman–Crippen LogP) is 5.01. The van der Waals surface area contributed by atoms with Crippen LogP contribution in [-0.2, 0) is 28.6 Å². The van der Waals surface area contributed by atoms with E-state index in [1.807, 2.05) is 27.7 Å². The fraction of sp³-hybridized carbons (Fsp3) is 0.903. The lowest BCUT2D eigenvalue weighted by atomic mass is 9.50. The normalized spacial score (nSPS) is 43.1. The van der Waals surface area contributed by atoms with Crippen molar-refractivity contribution < 1.29 is 52.0 Å². The second kappa shape index (κ2) is 9.56. The highest BCUT2D eigenvalue weighted by Crippen LogP contribution is 2.68. The van der Waals surface area contributed by atoms with E-state index in [-0.39, 0.29) is 24.7 Å². The highest BCUT2D eigenvalue weighted by molar-refractivity contribution is 5.83. The number of fused-ring (bicyclic) bond motifs is 1. The Morgan fingerprint density at radius 1 is 0.905 bits per heavy atom. The van der Waals surface area contributed by atoms with Crippen molar-refractivity contribution in [3.05, 3.63) is 0 Å². The van der Waals surface area contributed by atoms with Crippen molar-refractivity contribution >= 4 is 17.9 Å². The minimum absolute atomic E-state index is 0.200. The van der Waals surface area contributed by atoms with E-state index >= 15 is 0 Å². The van der Waals surface area contributed by atoms with Crippen LogP contribution in [0.25, 0.3) is 0 Å². The van der Waals surface area contributed by atoms with Crippen molar-refractivity contribution in [2.45, 2.75) is 141 Å². The van der Waals surface area contributed by atoms with Crippen LogP contribution in [0.3, 0.4) is 0 Å². The van der Waals surface area contributed by atoms with Crippen molar-refractivity contribution in [2.24, 2.45) is 34.0 Å². The molecule has 7 unspecified atom stereocenters. The third kappa shape index (κ3) is 4.85. The van der Waals surface area contributed by atoms with Gasteiger partial charge >= 0.3 is 24.1 Å². The zero-order valence-corrected chi connectivity index (χ0v) is 25.4. The van der Waals surface area contributed by atoms with Crippen LogP contribution >= 0.6 is 0 Å². The molecule has 7 rings (SSSR count). The number of aliphatic hydroxyl groups is 2. The largest absolute Gasteiger partial charge is 0.458 e. The lowest BCUT2D eigenvalue weighted by Crippen LogP contribution is -2.67. The lowest BCUT2D eigenvalue weighted by Gasteiger charge is -2.62. The molecule has 1 heterocycles. The first-order chi connectivity index (χ1) is 19.1. The van der Waals surface area contributed by atoms with Crippen LogP contribution in [0.1, 0.15) is 106 Å². The zero-order valence-electron chi connectivity index (χ0n) is 25.4. The smallest absolute Gasteiger partial charge is 0.405 e. The Labute approximate surface area is 245 Å². The van der Waals surface area contributed by atoms with E-state index in [1.165, 1.54) is 0 Å². The van der Waals surface area contributed by atoms with Gasteiger partial charge in [0.25, 0.3) is 0 Å². The van der Waals surface area contributed by atoms with Crippen molar-refractivity contribution in [1.82, 2.24) is 0 Å². The molecule has 1 aliphatic heterocycles. The molecule has 2 N–H and O–H groups in total. The van der Waals surface area contributed by atoms with E-state index in [4.69, 9.17) is 14.2 Å². The predicted molar refractivity (Wildman–Crippen MR) is 143 cm³/mol. The van der Waals surface area contributed by atoms with E-state index < -0.39 is 75.2 Å². The summed E-state index contributed by atoms with van der Waals surface area (Å²) in [5, 5.41) is 21.3. The molecule has 1 saturated heterocycles. The van der Waals surface area contributed by atoms with Crippen LogP contribution in [0.4, 0.5) is 13.2 Å². The van der Waals surface area contributed by atoms with Gasteiger partial charge in [-0.15, -0.1) is 0 Å². The second-order valence-electron chi connectivity index (χ2n) is 15.5. The molecular formula is C31H45F3O8. The minimum Gasteiger partial charge on any atom is -0.458 e. The van der Waals surface area contributed by atoms with Gasteiger partial charge in [-0.3, -0.25) is 14.4 Å². The van der Waals surface area contributed by atoms with Gasteiger partial charge in [0, 0.05) is 31.1 Å². The standard InChI is InChI=1S/C16H26O4.C15H19F3O4/c1-4-13(2,3)12(17)20-16-7-11-5-14(18,9-16)8-15(19,6-11)10-16;1-4-13(2,3)11(19)21-9-7-5-8-10(9)22-12(20)14(8,6-7)15(16,17)18/h11,18-19H,4-10H2,1-3H3;7-10H,4-6H2,1-3H3. The molecule has 238 valence electrons. The van der Waals surface area contributed by atoms with Gasteiger partial charge in [0.2, 0.25) is 0 Å². The number of rotatable bonds is 6. The Balaban J connectivity index is 0.000000169. The van der Waals surface area contributed by atoms with Gasteiger partial charge in [0.15, 0.2) is 5.41 Å². The number of esters is 3. The van der Waals surface area contributed by atoms with Crippen LogP contribution in [0.5, 0.6) is 0 Å². The number of hydrogen-bond acceptors (Lipinski definition) is 8. The fourth-order valence-corrected chi connectivity index (χ4v) is 8.83. The van der Waals surface area contributed by atoms with Gasteiger partial charge in [0.05, 0.1) is 22.0 Å². The van der Waals surface area contributed by atoms with Crippen LogP contribution < -0.4 is 0 Å². The van der Waals surface area contributed by atoms with Gasteiger partial charge in [-0.25, -0.2) is 0 Å². The molecule has 0 radical (unpaired) electrons. The number of ether oxygens (including phenoxy) is 3. The quantitative estimate of drug-likeness (QED) is 0.322. The first-order valence-corrected chi connectivity index (χ1v) is 15.3. The van der Waals surface area contributed by atoms with Gasteiger partial charge in [-0.2, -0.15) is 13.2 Å². The summed E-state index contributed by atoms with van der Waals surface area (Å²) in [7, 11) is 0. The molecule has 6 aliphatic carbocycles. The number of carbonyl (C=O) groups is 3. The Bertz CT molecular complexity index is 1130. The Hall–Kier alpha value is -1.88. The zero-order chi connectivity index (χ0) is 31.3. The molecule has 0 aromatic heterocycles. The molecule has 42 heavy (non-hydrogen) atoms. The first-order valence-electron chi connectivity index (χ1n) is 15.3. The summed E-state index contributed by atoms with van der Waals surface area (Å²) in [5.74, 6) is -2.96. The molecule has 0 aromatic rings. The average Bonchev–Trinajstić information content (AvgIpc) is 3.44. The summed E-state index contributed by atoms with van der Waals surface area (Å²) in [6.45, 7) is 11.0. The molecule has 7 atom stereocenters. The van der Waals surface area contributed by atoms with Crippen LogP contribution in [0.15, 0.2) is 0 Å². The molecule has 0 aromatic carbocycles. The summed E-state index contributed by atoms with van der Waals surface area (Å²) in [4.78, 5) is 36.4. The van der Waals surface area contributed by atoms with Crippen molar-refractivity contribution in [3.63, 3.8) is 0 Å². The van der Waals surface area contributed by atoms with E-state index in [2.05, 4.69) is 0 Å². The summed E-state index contributed by atoms with van der Waals surface area (Å²) >= 11 is 0. The highest BCUT2D eigenvalue weighted by atomic mass is 19.4. The van der Waals surface area contributed by atoms with E-state index in [0.717, 1.165) is 25.7 Å². The lowest BCUT2D eigenvalue weighted by molar-refractivity contribution is -0.264. The van der Waals surface area contributed by atoms with Crippen LogP contribution in [0, 0.1) is 34.0 Å². The number of alkyl halides is 3. The number of carbonyl (C=O) groups excluding carboxylic acids is 3. The van der Waals surface area contributed by atoms with E-state index in [0.29, 0.717) is 25.7 Å². The first kappa shape index (κ1) is 31.5. The van der Waals surface area contributed by atoms with Gasteiger partial charge in [-0.1, -0.05) is 13.8 Å². The molecule has 11 heteroatoms. The number of halogens is 3. The van der Waals surface area contributed by atoms with Crippen molar-refractivity contribution in [2.75, 3.05) is 0 Å². The summed E-state index contributed by atoms with van der Waals surface area (Å²) in [5.41, 5.74) is -5.92. The van der Waals surface area contributed by atoms with Gasteiger partial charge in [-0.05, 0) is 78.6 Å². The average molecular weight is 603 g/mol. The monoisotopic (exact) mass is 602 g/mol. The Kier molecular flexibility index (Phi) is 7.18. The molecule has 6 bridgehead atoms. The molecule has 7 fully saturated rings. The van der Waals surface area contributed by atoms with Gasteiger partial charge < -0.3 is 24.4 Å². The highest BCUT2D eigenvalue weighted by Gasteiger charge is 2.80. The van der Waals surface area contributed by atoms with E-state index in [9.17, 15) is 37.8 Å². The topological polar surface area (TPSA) is 119 Å². The third-order valence-electron chi connectivity index (χ3n) is 11.5. The molecule has 8 nitrogen and oxygen atoms in total. The molecule has 0 amide bonds. The maximum absolute atomic E-state index is 13.4. The minimum atomic E-state index is -4.62. The summed E-state index contributed by atoms with van der Waals surface area (Å²) in [6.07, 6.45) is -1.45. The molecule has 0 spiro atoms. The molecule has 6 saturated carbocycles. The maximum Gasteiger partial charge on any atom is 0.405 e. The Morgan fingerprint density at radius 2 is 1.45 bits per heavy atom. The SMILES string of the molecule is CCC(C)(C)C(=O)OC12CC3CC(O)(CC(O)(C3)C1)C2.CCC(C)(C)C(=O)OC1C2CC3C1OC(=O)C3(C(F)(F)F)C2. The second-order valence-corrected chi connectivity index (χ2v) is 15.5. The van der Waals surface area contributed by atoms with Crippen molar-refractivity contribution in [1.29, 1.82) is 0 Å².